The van der Waals surface area contributed by atoms with E-state index in [-0.39, 0.29) is 6.61 Å². The summed E-state index contributed by atoms with van der Waals surface area (Å²) in [6.45, 7) is -0.147. The molecule has 0 aliphatic heterocycles. The minimum atomic E-state index is -3.43. The van der Waals surface area contributed by atoms with Crippen LogP contribution in [0.2, 0.25) is 0 Å². The second kappa shape index (κ2) is 5.17. The van der Waals surface area contributed by atoms with Gasteiger partial charge in [0, 0.05) is 17.1 Å². The smallest absolute Gasteiger partial charge is 0.257 e. The molecule has 0 saturated carbocycles. The minimum Gasteiger partial charge on any atom is -0.257 e. The fraction of sp³-hybridized carbons (Fsp3) is 0.154. The van der Waals surface area contributed by atoms with Crippen LogP contribution < -0.4 is 0 Å². The fourth-order valence-electron chi connectivity index (χ4n) is 1.41. The van der Waals surface area contributed by atoms with Crippen molar-refractivity contribution in [3.8, 4) is 11.8 Å². The Balaban J connectivity index is 2.15. The molecule has 2 aromatic rings. The summed E-state index contributed by atoms with van der Waals surface area (Å²) in [5.74, 6) is 5.44. The molecular formula is C13H11NO3S. The van der Waals surface area contributed by atoms with Crippen molar-refractivity contribution in [3.63, 3.8) is 0 Å². The number of para-hydroxylation sites is 1. The van der Waals surface area contributed by atoms with E-state index in [0.717, 1.165) is 22.7 Å². The molecule has 0 unspecified atom stereocenters. The SMILES string of the molecule is CS(=O)(=O)OCC#Cc1cnc2ccccc2c1. The minimum absolute atomic E-state index is 0.147. The molecule has 0 saturated heterocycles. The molecule has 0 N–H and O–H groups in total. The number of nitrogens with zero attached hydrogens (tertiary/aromatic N) is 1. The van der Waals surface area contributed by atoms with Gasteiger partial charge >= 0.3 is 0 Å². The van der Waals surface area contributed by atoms with Gasteiger partial charge in [0.15, 0.2) is 0 Å². The molecule has 92 valence electrons. The predicted molar refractivity (Wildman–Crippen MR) is 69.4 cm³/mol. The first-order chi connectivity index (χ1) is 8.54. The molecule has 0 aliphatic carbocycles. The summed E-state index contributed by atoms with van der Waals surface area (Å²) in [4.78, 5) is 4.25. The largest absolute Gasteiger partial charge is 0.265 e. The molecule has 0 aliphatic rings. The van der Waals surface area contributed by atoms with Crippen molar-refractivity contribution in [2.24, 2.45) is 0 Å². The van der Waals surface area contributed by atoms with Crippen molar-refractivity contribution in [3.05, 3.63) is 42.1 Å². The van der Waals surface area contributed by atoms with Gasteiger partial charge < -0.3 is 0 Å². The first-order valence-corrected chi connectivity index (χ1v) is 7.04. The highest BCUT2D eigenvalue weighted by Crippen LogP contribution is 2.11. The van der Waals surface area contributed by atoms with Crippen LogP contribution in [0.5, 0.6) is 0 Å². The van der Waals surface area contributed by atoms with Crippen LogP contribution in [-0.4, -0.2) is 26.3 Å². The summed E-state index contributed by atoms with van der Waals surface area (Å²) in [5, 5.41) is 0.994. The average molecular weight is 261 g/mol. The molecule has 18 heavy (non-hydrogen) atoms. The lowest BCUT2D eigenvalue weighted by Crippen LogP contribution is -2.02. The van der Waals surface area contributed by atoms with Gasteiger partial charge in [-0.3, -0.25) is 9.17 Å². The van der Waals surface area contributed by atoms with Gasteiger partial charge in [0.1, 0.15) is 6.61 Å². The van der Waals surface area contributed by atoms with Crippen molar-refractivity contribution < 1.29 is 12.6 Å². The molecule has 2 rings (SSSR count). The fourth-order valence-corrected chi connectivity index (χ4v) is 1.69. The van der Waals surface area contributed by atoms with Gasteiger partial charge in [0.05, 0.1) is 11.8 Å². The van der Waals surface area contributed by atoms with Crippen LogP contribution >= 0.6 is 0 Å². The second-order valence-electron chi connectivity index (χ2n) is 3.68. The lowest BCUT2D eigenvalue weighted by Gasteiger charge is -1.96. The van der Waals surface area contributed by atoms with Crippen molar-refractivity contribution in [1.29, 1.82) is 0 Å². The summed E-state index contributed by atoms with van der Waals surface area (Å²) in [5.41, 5.74) is 1.63. The first-order valence-electron chi connectivity index (χ1n) is 5.23. The molecule has 0 bridgehead atoms. The van der Waals surface area contributed by atoms with Gasteiger partial charge in [0.2, 0.25) is 0 Å². The molecule has 0 fully saturated rings. The van der Waals surface area contributed by atoms with Crippen LogP contribution in [0.1, 0.15) is 5.56 Å². The Bertz CT molecular complexity index is 726. The first kappa shape index (κ1) is 12.6. The van der Waals surface area contributed by atoms with E-state index in [0.29, 0.717) is 0 Å². The Hall–Kier alpha value is -1.90. The Labute approximate surface area is 106 Å². The Morgan fingerprint density at radius 2 is 2.11 bits per heavy atom. The monoisotopic (exact) mass is 261 g/mol. The van der Waals surface area contributed by atoms with Crippen molar-refractivity contribution >= 4 is 21.0 Å². The van der Waals surface area contributed by atoms with E-state index >= 15 is 0 Å². The van der Waals surface area contributed by atoms with Gasteiger partial charge in [-0.2, -0.15) is 8.42 Å². The third kappa shape index (κ3) is 3.55. The maximum Gasteiger partial charge on any atom is 0.265 e. The van der Waals surface area contributed by atoms with Crippen LogP contribution in [-0.2, 0) is 14.3 Å². The highest BCUT2D eigenvalue weighted by atomic mass is 32.2. The van der Waals surface area contributed by atoms with Crippen LogP contribution in [0.3, 0.4) is 0 Å². The highest BCUT2D eigenvalue weighted by Gasteiger charge is 1.98. The van der Waals surface area contributed by atoms with E-state index < -0.39 is 10.1 Å². The van der Waals surface area contributed by atoms with Crippen LogP contribution in [0, 0.1) is 11.8 Å². The van der Waals surface area contributed by atoms with Crippen molar-refractivity contribution in [1.82, 2.24) is 4.98 Å². The van der Waals surface area contributed by atoms with E-state index in [1.807, 2.05) is 30.3 Å². The molecule has 5 heteroatoms. The number of benzene rings is 1. The maximum absolute atomic E-state index is 10.7. The van der Waals surface area contributed by atoms with E-state index in [4.69, 9.17) is 0 Å². The highest BCUT2D eigenvalue weighted by molar-refractivity contribution is 7.85. The molecule has 0 spiro atoms. The van der Waals surface area contributed by atoms with Crippen LogP contribution in [0.15, 0.2) is 36.5 Å². The number of rotatable bonds is 2. The quantitative estimate of drug-likeness (QED) is 0.608. The Morgan fingerprint density at radius 3 is 2.89 bits per heavy atom. The molecule has 1 aromatic heterocycles. The standard InChI is InChI=1S/C13H11NO3S/c1-18(15,16)17-8-4-5-11-9-12-6-2-3-7-13(12)14-10-11/h2-3,6-7,9-10H,8H2,1H3. The van der Waals surface area contributed by atoms with Crippen LogP contribution in [0.25, 0.3) is 10.9 Å². The predicted octanol–water partition coefficient (Wildman–Crippen LogP) is 1.56. The summed E-state index contributed by atoms with van der Waals surface area (Å²) in [6, 6.07) is 9.60. The number of hydrogen-bond donors (Lipinski definition) is 0. The number of aromatic nitrogens is 1. The van der Waals surface area contributed by atoms with Gasteiger partial charge in [-0.05, 0) is 12.1 Å². The van der Waals surface area contributed by atoms with Crippen molar-refractivity contribution in [2.45, 2.75) is 0 Å². The normalized spacial score (nSPS) is 10.9. The average Bonchev–Trinajstić information content (AvgIpc) is 2.33. The number of fused-ring (bicyclic) bond motifs is 1. The van der Waals surface area contributed by atoms with E-state index in [1.54, 1.807) is 6.20 Å². The third-order valence-corrected chi connectivity index (χ3v) is 2.71. The van der Waals surface area contributed by atoms with E-state index in [1.165, 1.54) is 0 Å². The zero-order valence-electron chi connectivity index (χ0n) is 9.75. The lowest BCUT2D eigenvalue weighted by molar-refractivity contribution is 0.368. The Kier molecular flexibility index (Phi) is 3.60. The molecule has 0 radical (unpaired) electrons. The van der Waals surface area contributed by atoms with Gasteiger partial charge in [-0.15, -0.1) is 0 Å². The van der Waals surface area contributed by atoms with Gasteiger partial charge in [0.25, 0.3) is 10.1 Å². The number of pyridine rings is 1. The zero-order valence-corrected chi connectivity index (χ0v) is 10.6. The lowest BCUT2D eigenvalue weighted by atomic mass is 10.2. The van der Waals surface area contributed by atoms with Gasteiger partial charge in [-0.1, -0.05) is 30.0 Å². The molecule has 0 amide bonds. The Morgan fingerprint density at radius 1 is 1.33 bits per heavy atom. The van der Waals surface area contributed by atoms with Gasteiger partial charge in [-0.25, -0.2) is 0 Å². The van der Waals surface area contributed by atoms with Crippen molar-refractivity contribution in [2.75, 3.05) is 12.9 Å². The van der Waals surface area contributed by atoms with E-state index in [9.17, 15) is 8.42 Å². The number of hydrogen-bond acceptors (Lipinski definition) is 4. The second-order valence-corrected chi connectivity index (χ2v) is 5.33. The van der Waals surface area contributed by atoms with E-state index in [2.05, 4.69) is 21.0 Å². The molecule has 4 nitrogen and oxygen atoms in total. The zero-order chi connectivity index (χ0) is 13.0. The molecule has 1 aromatic carbocycles. The maximum atomic E-state index is 10.7. The summed E-state index contributed by atoms with van der Waals surface area (Å²) in [7, 11) is -3.43. The van der Waals surface area contributed by atoms with Crippen LogP contribution in [0.4, 0.5) is 0 Å². The summed E-state index contributed by atoms with van der Waals surface area (Å²) >= 11 is 0. The molecule has 0 atom stereocenters. The molecular weight excluding hydrogens is 250 g/mol. The topological polar surface area (TPSA) is 56.3 Å². The molecule has 1 heterocycles. The summed E-state index contributed by atoms with van der Waals surface area (Å²) in [6.07, 6.45) is 2.64. The summed E-state index contributed by atoms with van der Waals surface area (Å²) < 4.78 is 25.9. The third-order valence-electron chi connectivity index (χ3n) is 2.17.